The van der Waals surface area contributed by atoms with E-state index in [1.54, 1.807) is 17.0 Å². The predicted molar refractivity (Wildman–Crippen MR) is 144 cm³/mol. The van der Waals surface area contributed by atoms with E-state index in [0.717, 1.165) is 17.3 Å². The van der Waals surface area contributed by atoms with Crippen LogP contribution in [0.4, 0.5) is 15.8 Å². The van der Waals surface area contributed by atoms with E-state index in [4.69, 9.17) is 4.74 Å². The van der Waals surface area contributed by atoms with Crippen molar-refractivity contribution in [2.24, 2.45) is 0 Å². The van der Waals surface area contributed by atoms with Crippen LogP contribution in [0.1, 0.15) is 16.7 Å². The minimum absolute atomic E-state index is 0.0579. The third kappa shape index (κ3) is 4.40. The van der Waals surface area contributed by atoms with Gasteiger partial charge in [0.25, 0.3) is 11.8 Å². The van der Waals surface area contributed by atoms with Crippen LogP contribution in [0.5, 0.6) is 0 Å². The van der Waals surface area contributed by atoms with Gasteiger partial charge in [-0.05, 0) is 23.7 Å². The number of halogens is 1. The van der Waals surface area contributed by atoms with E-state index in [0.29, 0.717) is 29.9 Å². The Labute approximate surface area is 211 Å². The first-order valence-corrected chi connectivity index (χ1v) is 15.8. The van der Waals surface area contributed by atoms with Crippen LogP contribution in [0.25, 0.3) is 11.1 Å². The highest BCUT2D eigenvalue weighted by molar-refractivity contribution is 6.76. The molecule has 0 saturated carbocycles. The average molecular weight is 501 g/mol. The lowest BCUT2D eigenvalue weighted by molar-refractivity contribution is -0.115. The maximum Gasteiger partial charge on any atom is 0.261 e. The SMILES string of the molecule is C[Si](C)(C)CCOCN1C(=O)/C(=C2/C(=O)N(Cc3ccccc3)c3ccccc32)c2cccc(F)c21. The molecular formula is C29H29FN2O3Si. The summed E-state index contributed by atoms with van der Waals surface area (Å²) in [6, 6.07) is 22.7. The van der Waals surface area contributed by atoms with Crippen LogP contribution in [0, 0.1) is 5.82 Å². The van der Waals surface area contributed by atoms with Crippen LogP contribution in [-0.4, -0.2) is 33.2 Å². The Morgan fingerprint density at radius 3 is 2.17 bits per heavy atom. The monoisotopic (exact) mass is 500 g/mol. The second-order valence-electron chi connectivity index (χ2n) is 10.4. The smallest absolute Gasteiger partial charge is 0.261 e. The van der Waals surface area contributed by atoms with Crippen LogP contribution >= 0.6 is 0 Å². The predicted octanol–water partition coefficient (Wildman–Crippen LogP) is 5.94. The van der Waals surface area contributed by atoms with Crippen molar-refractivity contribution in [3.05, 3.63) is 95.3 Å². The number of hydrogen-bond acceptors (Lipinski definition) is 3. The van der Waals surface area contributed by atoms with E-state index in [-0.39, 0.29) is 23.9 Å². The number of ether oxygens (including phenoxy) is 1. The fourth-order valence-corrected chi connectivity index (χ4v) is 5.44. The topological polar surface area (TPSA) is 49.9 Å². The van der Waals surface area contributed by atoms with Crippen LogP contribution in [-0.2, 0) is 20.9 Å². The number of fused-ring (bicyclic) bond motifs is 2. The van der Waals surface area contributed by atoms with E-state index >= 15 is 4.39 Å². The summed E-state index contributed by atoms with van der Waals surface area (Å²) in [5, 5.41) is 0. The highest BCUT2D eigenvalue weighted by Gasteiger charge is 2.43. The zero-order valence-electron chi connectivity index (χ0n) is 20.8. The molecule has 184 valence electrons. The van der Waals surface area contributed by atoms with Gasteiger partial charge >= 0.3 is 0 Å². The lowest BCUT2D eigenvalue weighted by atomic mass is 9.96. The summed E-state index contributed by atoms with van der Waals surface area (Å²) in [6.45, 7) is 7.57. The molecule has 0 spiro atoms. The number of amides is 2. The summed E-state index contributed by atoms with van der Waals surface area (Å²) in [4.78, 5) is 30.6. The molecule has 0 bridgehead atoms. The molecule has 0 N–H and O–H groups in total. The Bertz CT molecular complexity index is 1360. The minimum Gasteiger partial charge on any atom is -0.361 e. The lowest BCUT2D eigenvalue weighted by Gasteiger charge is -2.20. The highest BCUT2D eigenvalue weighted by atomic mass is 28.3. The van der Waals surface area contributed by atoms with Crippen molar-refractivity contribution < 1.29 is 18.7 Å². The molecule has 2 heterocycles. The Kier molecular flexibility index (Phi) is 6.36. The summed E-state index contributed by atoms with van der Waals surface area (Å²) in [7, 11) is -1.32. The first kappa shape index (κ1) is 24.2. The number of nitrogens with zero attached hydrogens (tertiary/aromatic N) is 2. The molecule has 3 aromatic rings. The molecule has 2 aliphatic heterocycles. The molecule has 3 aromatic carbocycles. The Morgan fingerprint density at radius 2 is 1.42 bits per heavy atom. The van der Waals surface area contributed by atoms with E-state index in [2.05, 4.69) is 19.6 Å². The van der Waals surface area contributed by atoms with Crippen molar-refractivity contribution in [2.45, 2.75) is 32.2 Å². The molecule has 0 aliphatic carbocycles. The normalized spacial score (nSPS) is 17.1. The molecule has 7 heteroatoms. The third-order valence-corrected chi connectivity index (χ3v) is 8.26. The van der Waals surface area contributed by atoms with Crippen LogP contribution < -0.4 is 9.80 Å². The number of anilines is 2. The molecule has 2 amide bonds. The molecule has 0 saturated heterocycles. The van der Waals surface area contributed by atoms with Crippen molar-refractivity contribution in [1.82, 2.24) is 0 Å². The molecule has 36 heavy (non-hydrogen) atoms. The first-order valence-electron chi connectivity index (χ1n) is 12.1. The zero-order chi connectivity index (χ0) is 25.4. The van der Waals surface area contributed by atoms with E-state index in [1.807, 2.05) is 54.6 Å². The van der Waals surface area contributed by atoms with Gasteiger partial charge in [-0.3, -0.25) is 14.5 Å². The van der Waals surface area contributed by atoms with Crippen LogP contribution in [0.15, 0.2) is 72.8 Å². The number of hydrogen-bond donors (Lipinski definition) is 0. The fraction of sp³-hybridized carbons (Fsp3) is 0.241. The highest BCUT2D eigenvalue weighted by Crippen LogP contribution is 2.47. The number of para-hydroxylation sites is 2. The number of rotatable bonds is 7. The van der Waals surface area contributed by atoms with Gasteiger partial charge in [0.2, 0.25) is 0 Å². The van der Waals surface area contributed by atoms with Crippen LogP contribution in [0.2, 0.25) is 25.7 Å². The lowest BCUT2D eigenvalue weighted by Crippen LogP contribution is -2.32. The van der Waals surface area contributed by atoms with Crippen molar-refractivity contribution in [3.8, 4) is 0 Å². The average Bonchev–Trinajstić information content (AvgIpc) is 3.28. The molecule has 0 aromatic heterocycles. The Balaban J connectivity index is 1.56. The summed E-state index contributed by atoms with van der Waals surface area (Å²) >= 11 is 0. The number of benzene rings is 3. The van der Waals surface area contributed by atoms with Gasteiger partial charge in [-0.1, -0.05) is 80.3 Å². The molecule has 0 fully saturated rings. The Hall–Kier alpha value is -3.55. The van der Waals surface area contributed by atoms with Gasteiger partial charge in [0.1, 0.15) is 12.5 Å². The van der Waals surface area contributed by atoms with Gasteiger partial charge in [0, 0.05) is 25.8 Å². The second-order valence-corrected chi connectivity index (χ2v) is 16.0. The standard InChI is InChI=1S/C29H29FN2O3Si/c1-36(2,3)17-16-35-19-32-27-22(13-9-14-23(27)30)26(29(32)34)25-21-12-7-8-15-24(21)31(28(25)33)18-20-10-5-4-6-11-20/h4-15H,16-19H2,1-3H3/b26-25+. The molecular weight excluding hydrogens is 471 g/mol. The van der Waals surface area contributed by atoms with Gasteiger partial charge in [-0.25, -0.2) is 4.39 Å². The maximum absolute atomic E-state index is 15.1. The molecule has 5 nitrogen and oxygen atoms in total. The van der Waals surface area contributed by atoms with Gasteiger partial charge in [-0.2, -0.15) is 0 Å². The third-order valence-electron chi connectivity index (χ3n) is 6.56. The maximum atomic E-state index is 15.1. The van der Waals surface area contributed by atoms with E-state index in [1.165, 1.54) is 11.0 Å². The van der Waals surface area contributed by atoms with Crippen molar-refractivity contribution in [1.29, 1.82) is 0 Å². The van der Waals surface area contributed by atoms with Crippen LogP contribution in [0.3, 0.4) is 0 Å². The van der Waals surface area contributed by atoms with Crippen molar-refractivity contribution in [2.75, 3.05) is 23.1 Å². The quantitative estimate of drug-likeness (QED) is 0.229. The van der Waals surface area contributed by atoms with Crippen molar-refractivity contribution in [3.63, 3.8) is 0 Å². The molecule has 0 unspecified atom stereocenters. The van der Waals surface area contributed by atoms with E-state index in [9.17, 15) is 9.59 Å². The molecule has 2 aliphatic rings. The van der Waals surface area contributed by atoms with Gasteiger partial charge in [0.05, 0.1) is 29.1 Å². The molecule has 0 atom stereocenters. The van der Waals surface area contributed by atoms with Gasteiger partial charge < -0.3 is 9.64 Å². The minimum atomic E-state index is -1.32. The largest absolute Gasteiger partial charge is 0.361 e. The van der Waals surface area contributed by atoms with Crippen molar-refractivity contribution >= 4 is 42.4 Å². The molecule has 5 rings (SSSR count). The number of carbonyl (C=O) groups excluding carboxylic acids is 2. The summed E-state index contributed by atoms with van der Waals surface area (Å²) in [5.41, 5.74) is 3.53. The summed E-state index contributed by atoms with van der Waals surface area (Å²) < 4.78 is 20.9. The first-order chi connectivity index (χ1) is 17.3. The summed E-state index contributed by atoms with van der Waals surface area (Å²) in [6.07, 6.45) is 0. The Morgan fingerprint density at radius 1 is 0.778 bits per heavy atom. The van der Waals surface area contributed by atoms with E-state index < -0.39 is 19.8 Å². The second kappa shape index (κ2) is 9.48. The number of carbonyl (C=O) groups is 2. The molecule has 0 radical (unpaired) electrons. The van der Waals surface area contributed by atoms with Gasteiger partial charge in [-0.15, -0.1) is 0 Å². The zero-order valence-corrected chi connectivity index (χ0v) is 21.8. The van der Waals surface area contributed by atoms with Gasteiger partial charge in [0.15, 0.2) is 0 Å². The summed E-state index contributed by atoms with van der Waals surface area (Å²) in [5.74, 6) is -1.19. The fourth-order valence-electron chi connectivity index (χ4n) is 4.69.